The number of hydrogen-bond acceptors (Lipinski definition) is 5. The third-order valence-corrected chi connectivity index (χ3v) is 4.79. The molecule has 0 radical (unpaired) electrons. The number of aromatic nitrogens is 4. The molecule has 1 aliphatic rings. The lowest BCUT2D eigenvalue weighted by Gasteiger charge is -2.31. The van der Waals surface area contributed by atoms with E-state index in [1.807, 2.05) is 19.0 Å². The summed E-state index contributed by atoms with van der Waals surface area (Å²) in [4.78, 5) is 19.7. The van der Waals surface area contributed by atoms with E-state index < -0.39 is 17.5 Å². The average Bonchev–Trinajstić information content (AvgIpc) is 3.03. The molecule has 9 heteroatoms. The van der Waals surface area contributed by atoms with Crippen LogP contribution in [-0.2, 0) is 13.1 Å². The van der Waals surface area contributed by atoms with E-state index in [0.29, 0.717) is 38.5 Å². The Balaban J connectivity index is 1.68. The first kappa shape index (κ1) is 19.3. The minimum atomic E-state index is -0.929. The largest absolute Gasteiger partial charge is 0.337 e. The Hall–Kier alpha value is -2.42. The molecule has 0 spiro atoms. The van der Waals surface area contributed by atoms with Gasteiger partial charge in [-0.3, -0.25) is 4.79 Å². The van der Waals surface area contributed by atoms with Gasteiger partial charge in [0.05, 0.1) is 12.7 Å². The van der Waals surface area contributed by atoms with E-state index in [1.54, 1.807) is 4.90 Å². The number of piperidine rings is 1. The third-order valence-electron chi connectivity index (χ3n) is 4.79. The van der Waals surface area contributed by atoms with Crippen molar-refractivity contribution in [3.63, 3.8) is 0 Å². The molecule has 2 aromatic heterocycles. The highest BCUT2D eigenvalue weighted by Crippen LogP contribution is 2.28. The van der Waals surface area contributed by atoms with E-state index in [4.69, 9.17) is 0 Å². The maximum Gasteiger partial charge on any atom is 0.275 e. The average molecular weight is 378 g/mol. The molecule has 1 fully saturated rings. The van der Waals surface area contributed by atoms with Crippen LogP contribution in [0.3, 0.4) is 0 Å². The van der Waals surface area contributed by atoms with Crippen LogP contribution in [0.5, 0.6) is 0 Å². The minimum Gasteiger partial charge on any atom is -0.337 e. The summed E-state index contributed by atoms with van der Waals surface area (Å²) in [6.07, 6.45) is 2.29. The van der Waals surface area contributed by atoms with E-state index in [1.165, 1.54) is 0 Å². The molecule has 0 bridgehead atoms. The van der Waals surface area contributed by atoms with Gasteiger partial charge in [0.1, 0.15) is 17.5 Å². The molecule has 0 unspecified atom stereocenters. The fraction of sp³-hybridized carbons (Fsp3) is 0.556. The quantitative estimate of drug-likeness (QED) is 0.797. The van der Waals surface area contributed by atoms with Gasteiger partial charge in [-0.05, 0) is 33.9 Å². The summed E-state index contributed by atoms with van der Waals surface area (Å²) in [5.41, 5.74) is -0.333. The fourth-order valence-electron chi connectivity index (χ4n) is 3.46. The summed E-state index contributed by atoms with van der Waals surface area (Å²) in [5.74, 6) is -0.169. The normalized spacial score (nSPS) is 15.6. The Kier molecular flexibility index (Phi) is 5.79. The predicted molar refractivity (Wildman–Crippen MR) is 95.1 cm³/mol. The van der Waals surface area contributed by atoms with Crippen molar-refractivity contribution < 1.29 is 13.6 Å². The number of carbonyl (C=O) groups is 1. The molecule has 7 nitrogen and oxygen atoms in total. The molecule has 1 aliphatic heterocycles. The zero-order chi connectivity index (χ0) is 19.6. The van der Waals surface area contributed by atoms with Crippen LogP contribution in [0.25, 0.3) is 0 Å². The number of pyridine rings is 1. The van der Waals surface area contributed by atoms with Crippen LogP contribution >= 0.6 is 0 Å². The van der Waals surface area contributed by atoms with Gasteiger partial charge in [0.15, 0.2) is 11.5 Å². The molecule has 0 saturated carbocycles. The van der Waals surface area contributed by atoms with Crippen molar-refractivity contribution in [1.82, 2.24) is 29.5 Å². The van der Waals surface area contributed by atoms with E-state index in [0.717, 1.165) is 24.4 Å². The van der Waals surface area contributed by atoms with E-state index in [-0.39, 0.29) is 11.6 Å². The first-order valence-electron chi connectivity index (χ1n) is 9.07. The van der Waals surface area contributed by atoms with E-state index >= 15 is 0 Å². The smallest absolute Gasteiger partial charge is 0.275 e. The minimum absolute atomic E-state index is 0.198. The maximum absolute atomic E-state index is 13.8. The van der Waals surface area contributed by atoms with Crippen LogP contribution in [0.4, 0.5) is 8.78 Å². The number of carbonyl (C=O) groups excluding carboxylic acids is 1. The second kappa shape index (κ2) is 8.08. The van der Waals surface area contributed by atoms with E-state index in [9.17, 15) is 13.6 Å². The van der Waals surface area contributed by atoms with Crippen molar-refractivity contribution in [2.75, 3.05) is 27.2 Å². The van der Waals surface area contributed by atoms with Gasteiger partial charge < -0.3 is 14.4 Å². The van der Waals surface area contributed by atoms with Crippen LogP contribution < -0.4 is 0 Å². The number of rotatable bonds is 5. The number of likely N-dealkylation sites (tertiary alicyclic amines) is 1. The van der Waals surface area contributed by atoms with Crippen LogP contribution in [0, 0.1) is 11.6 Å². The highest BCUT2D eigenvalue weighted by atomic mass is 19.1. The summed E-state index contributed by atoms with van der Waals surface area (Å²) >= 11 is 0. The molecular formula is C18H24F2N6O. The Labute approximate surface area is 157 Å². The lowest BCUT2D eigenvalue weighted by molar-refractivity contribution is 0.0698. The van der Waals surface area contributed by atoms with Crippen molar-refractivity contribution in [3.05, 3.63) is 41.2 Å². The van der Waals surface area contributed by atoms with Gasteiger partial charge in [-0.1, -0.05) is 0 Å². The van der Waals surface area contributed by atoms with Gasteiger partial charge in [0, 0.05) is 31.6 Å². The first-order valence-corrected chi connectivity index (χ1v) is 9.07. The summed E-state index contributed by atoms with van der Waals surface area (Å²) in [6.45, 7) is 4.51. The number of halogens is 2. The molecule has 1 saturated heterocycles. The number of nitrogens with zero attached hydrogens (tertiary/aromatic N) is 6. The van der Waals surface area contributed by atoms with Crippen LogP contribution in [0.2, 0.25) is 0 Å². The van der Waals surface area contributed by atoms with Gasteiger partial charge in [-0.25, -0.2) is 13.8 Å². The number of amides is 1. The van der Waals surface area contributed by atoms with Gasteiger partial charge in [-0.15, -0.1) is 10.2 Å². The van der Waals surface area contributed by atoms with Gasteiger partial charge in [0.2, 0.25) is 0 Å². The second-order valence-corrected chi connectivity index (χ2v) is 7.01. The molecule has 3 rings (SSSR count). The summed E-state index contributed by atoms with van der Waals surface area (Å²) < 4.78 is 29.0. The predicted octanol–water partition coefficient (Wildman–Crippen LogP) is 2.05. The maximum atomic E-state index is 13.8. The zero-order valence-electron chi connectivity index (χ0n) is 15.8. The molecule has 0 N–H and O–H groups in total. The Morgan fingerprint density at radius 1 is 1.26 bits per heavy atom. The van der Waals surface area contributed by atoms with Crippen LogP contribution in [0.15, 0.2) is 12.3 Å². The lowest BCUT2D eigenvalue weighted by Crippen LogP contribution is -2.39. The summed E-state index contributed by atoms with van der Waals surface area (Å²) in [6, 6.07) is 0.684. The van der Waals surface area contributed by atoms with Crippen molar-refractivity contribution in [3.8, 4) is 0 Å². The van der Waals surface area contributed by atoms with Crippen LogP contribution in [0.1, 0.15) is 47.8 Å². The molecule has 27 heavy (non-hydrogen) atoms. The Morgan fingerprint density at radius 3 is 2.56 bits per heavy atom. The number of hydrogen-bond donors (Lipinski definition) is 0. The van der Waals surface area contributed by atoms with Crippen molar-refractivity contribution in [2.45, 2.75) is 38.8 Å². The Morgan fingerprint density at radius 2 is 1.96 bits per heavy atom. The molecule has 3 heterocycles. The van der Waals surface area contributed by atoms with Gasteiger partial charge in [0.25, 0.3) is 5.91 Å². The van der Waals surface area contributed by atoms with Crippen LogP contribution in [-0.4, -0.2) is 62.6 Å². The topological polar surface area (TPSA) is 67.2 Å². The van der Waals surface area contributed by atoms with Crippen molar-refractivity contribution >= 4 is 5.91 Å². The Bertz CT molecular complexity index is 814. The molecule has 146 valence electrons. The summed E-state index contributed by atoms with van der Waals surface area (Å²) in [7, 11) is 3.97. The highest BCUT2D eigenvalue weighted by Gasteiger charge is 2.30. The lowest BCUT2D eigenvalue weighted by atomic mass is 9.95. The SMILES string of the molecule is CCn1c(CN(C)C)nnc1C1CCN(C(=O)c2ncc(F)cc2F)CC1. The molecule has 0 aromatic carbocycles. The van der Waals surface area contributed by atoms with Crippen molar-refractivity contribution in [2.24, 2.45) is 0 Å². The highest BCUT2D eigenvalue weighted by molar-refractivity contribution is 5.92. The molecule has 1 amide bonds. The fourth-order valence-corrected chi connectivity index (χ4v) is 3.46. The monoisotopic (exact) mass is 378 g/mol. The first-order chi connectivity index (χ1) is 12.9. The van der Waals surface area contributed by atoms with Crippen molar-refractivity contribution in [1.29, 1.82) is 0 Å². The second-order valence-electron chi connectivity index (χ2n) is 7.01. The summed E-state index contributed by atoms with van der Waals surface area (Å²) in [5, 5.41) is 8.70. The van der Waals surface area contributed by atoms with Gasteiger partial charge in [-0.2, -0.15) is 0 Å². The molecule has 2 aromatic rings. The van der Waals surface area contributed by atoms with Gasteiger partial charge >= 0.3 is 0 Å². The standard InChI is InChI=1S/C18H24F2N6O/c1-4-26-15(11-24(2)3)22-23-17(26)12-5-7-25(8-6-12)18(27)16-14(20)9-13(19)10-21-16/h9-10,12H,4-8,11H2,1-3H3. The zero-order valence-corrected chi connectivity index (χ0v) is 15.8. The molecule has 0 aliphatic carbocycles. The molecule has 0 atom stereocenters. The van der Waals surface area contributed by atoms with E-state index in [2.05, 4.69) is 26.7 Å². The third kappa shape index (κ3) is 4.13. The molecular weight excluding hydrogens is 354 g/mol.